The van der Waals surface area contributed by atoms with Gasteiger partial charge in [0.2, 0.25) is 10.0 Å². The minimum atomic E-state index is -4.29. The number of hydrazine groups is 1. The predicted octanol–water partition coefficient (Wildman–Crippen LogP) is 2.62. The van der Waals surface area contributed by atoms with Crippen molar-refractivity contribution >= 4 is 28.6 Å². The Morgan fingerprint density at radius 3 is 2.19 bits per heavy atom. The van der Waals surface area contributed by atoms with Crippen molar-refractivity contribution in [3.63, 3.8) is 0 Å². The summed E-state index contributed by atoms with van der Waals surface area (Å²) in [6.45, 7) is 1.88. The summed E-state index contributed by atoms with van der Waals surface area (Å²) in [4.78, 5) is 18.4. The van der Waals surface area contributed by atoms with Gasteiger partial charge in [0.1, 0.15) is 0 Å². The maximum Gasteiger partial charge on any atom is 0.356 e. The number of anilines is 1. The van der Waals surface area contributed by atoms with Gasteiger partial charge in [0.25, 0.3) is 0 Å². The van der Waals surface area contributed by atoms with Crippen molar-refractivity contribution in [1.82, 2.24) is 5.43 Å². The van der Waals surface area contributed by atoms with E-state index >= 15 is 0 Å². The first-order valence-corrected chi connectivity index (χ1v) is 14.0. The molecule has 0 radical (unpaired) electrons. The van der Waals surface area contributed by atoms with Crippen LogP contribution in [0.1, 0.15) is 49.8 Å². The Morgan fingerprint density at radius 2 is 1.66 bits per heavy atom. The van der Waals surface area contributed by atoms with Crippen LogP contribution in [0.5, 0.6) is 0 Å². The summed E-state index contributed by atoms with van der Waals surface area (Å²) in [6, 6.07) is 12.9. The quantitative estimate of drug-likeness (QED) is 0.303. The molecule has 4 N–H and O–H groups in total. The Labute approximate surface area is 189 Å². The third-order valence-corrected chi connectivity index (χ3v) is 8.50. The molecule has 0 heterocycles. The molecule has 0 amide bonds. The van der Waals surface area contributed by atoms with E-state index in [0.29, 0.717) is 18.7 Å². The van der Waals surface area contributed by atoms with Crippen molar-refractivity contribution in [3.8, 4) is 0 Å². The van der Waals surface area contributed by atoms with Gasteiger partial charge in [-0.3, -0.25) is 4.57 Å². The third kappa shape index (κ3) is 6.19. The van der Waals surface area contributed by atoms with Crippen molar-refractivity contribution in [2.24, 2.45) is 5.92 Å². The van der Waals surface area contributed by atoms with Gasteiger partial charge in [-0.2, -0.15) is 0 Å². The van der Waals surface area contributed by atoms with Crippen LogP contribution in [0.15, 0.2) is 48.5 Å². The lowest BCUT2D eigenvalue weighted by Crippen LogP contribution is -2.44. The molecule has 2 aromatic carbocycles. The Balaban J connectivity index is 1.68. The van der Waals surface area contributed by atoms with Gasteiger partial charge in [0, 0.05) is 6.54 Å². The van der Waals surface area contributed by atoms with E-state index in [1.54, 1.807) is 43.3 Å². The molecule has 0 spiro atoms. The van der Waals surface area contributed by atoms with Gasteiger partial charge < -0.3 is 14.9 Å². The fourth-order valence-electron chi connectivity index (χ4n) is 3.99. The van der Waals surface area contributed by atoms with Crippen molar-refractivity contribution in [1.29, 1.82) is 0 Å². The zero-order valence-corrected chi connectivity index (χ0v) is 19.8. The van der Waals surface area contributed by atoms with Gasteiger partial charge in [-0.1, -0.05) is 37.1 Å². The topological polar surface area (TPSA) is 127 Å². The maximum atomic E-state index is 12.7. The molecule has 8 nitrogen and oxygen atoms in total. The van der Waals surface area contributed by atoms with E-state index < -0.39 is 23.7 Å². The van der Waals surface area contributed by atoms with Crippen LogP contribution in [0.25, 0.3) is 0 Å². The summed E-state index contributed by atoms with van der Waals surface area (Å²) in [6.07, 6.45) is 4.22. The van der Waals surface area contributed by atoms with Crippen LogP contribution in [-0.2, 0) is 21.0 Å². The molecular formula is C22H31N2O6PS. The number of nitrogens with zero attached hydrogens (tertiary/aromatic N) is 1. The van der Waals surface area contributed by atoms with Crippen molar-refractivity contribution in [3.05, 3.63) is 59.7 Å². The summed E-state index contributed by atoms with van der Waals surface area (Å²) in [5.74, 6) is 0.176. The molecule has 1 saturated carbocycles. The highest BCUT2D eigenvalue weighted by Gasteiger charge is 2.25. The van der Waals surface area contributed by atoms with E-state index in [2.05, 4.69) is 5.43 Å². The lowest BCUT2D eigenvalue weighted by atomic mass is 9.94. The highest BCUT2D eigenvalue weighted by Crippen LogP contribution is 2.36. The molecule has 0 aromatic heterocycles. The van der Waals surface area contributed by atoms with E-state index in [0.717, 1.165) is 41.2 Å². The Hall–Kier alpha value is -1.74. The third-order valence-electron chi connectivity index (χ3n) is 5.90. The highest BCUT2D eigenvalue weighted by molar-refractivity contribution is 7.92. The number of hydrogen-bond acceptors (Lipinski definition) is 5. The zero-order chi connectivity index (χ0) is 23.4. The number of aliphatic hydroxyl groups is 1. The van der Waals surface area contributed by atoms with E-state index in [1.165, 1.54) is 12.1 Å². The minimum Gasteiger partial charge on any atom is -0.388 e. The number of nitrogens with one attached hydrogen (secondary N) is 1. The second-order valence-electron chi connectivity index (χ2n) is 8.11. The molecule has 10 heteroatoms. The van der Waals surface area contributed by atoms with Gasteiger partial charge in [0.15, 0.2) is 0 Å². The zero-order valence-electron chi connectivity index (χ0n) is 18.1. The molecule has 176 valence electrons. The number of hydrogen-bond donors (Lipinski definition) is 4. The van der Waals surface area contributed by atoms with Crippen LogP contribution < -0.4 is 15.1 Å². The van der Waals surface area contributed by atoms with Gasteiger partial charge in [0.05, 0.1) is 22.8 Å². The first-order chi connectivity index (χ1) is 15.1. The fraction of sp³-hybridized carbons (Fsp3) is 0.455. The van der Waals surface area contributed by atoms with Crippen LogP contribution in [0.3, 0.4) is 0 Å². The predicted molar refractivity (Wildman–Crippen MR) is 125 cm³/mol. The average Bonchev–Trinajstić information content (AvgIpc) is 3.31. The second kappa shape index (κ2) is 10.5. The van der Waals surface area contributed by atoms with Gasteiger partial charge >= 0.3 is 7.60 Å². The number of rotatable bonds is 10. The normalized spacial score (nSPS) is 16.2. The second-order valence-corrected chi connectivity index (χ2v) is 11.8. The molecule has 1 unspecified atom stereocenters. The lowest BCUT2D eigenvalue weighted by molar-refractivity contribution is 0.111. The van der Waals surface area contributed by atoms with E-state index in [1.807, 2.05) is 0 Å². The Morgan fingerprint density at radius 1 is 1.06 bits per heavy atom. The summed E-state index contributed by atoms with van der Waals surface area (Å²) in [5, 5.41) is 10.5. The molecule has 2 aromatic rings. The largest absolute Gasteiger partial charge is 0.388 e. The van der Waals surface area contributed by atoms with Crippen molar-refractivity contribution in [2.45, 2.75) is 45.1 Å². The molecule has 1 atom stereocenters. The number of benzene rings is 2. The molecular weight excluding hydrogens is 451 g/mol. The molecule has 3 rings (SSSR count). The molecule has 0 saturated heterocycles. The van der Waals surface area contributed by atoms with Crippen LogP contribution in [-0.4, -0.2) is 35.6 Å². The molecule has 1 aliphatic rings. The van der Waals surface area contributed by atoms with Crippen LogP contribution >= 0.6 is 7.60 Å². The highest BCUT2D eigenvalue weighted by atomic mass is 32.2. The molecule has 1 aliphatic carbocycles. The minimum absolute atomic E-state index is 0.0516. The van der Waals surface area contributed by atoms with E-state index in [-0.39, 0.29) is 17.0 Å². The van der Waals surface area contributed by atoms with E-state index in [4.69, 9.17) is 0 Å². The number of sulfonamides is 1. The molecule has 1 fully saturated rings. The van der Waals surface area contributed by atoms with Crippen molar-refractivity contribution in [2.75, 3.05) is 16.7 Å². The number of aliphatic hydroxyl groups excluding tert-OH is 1. The average molecular weight is 483 g/mol. The van der Waals surface area contributed by atoms with Crippen LogP contribution in [0, 0.1) is 5.92 Å². The standard InChI is InChI=1S/C22H31N2O6PS/c1-2-32(29,30)24(23-16-15-17-7-13-21(14-8-17)31(26,27)28)20-11-9-19(10-12-20)22(25)18-5-3-4-6-18/h7-14,18,22-23,25H,2-6,15-16H2,1H3,(H2,26,27,28). The first-order valence-electron chi connectivity index (χ1n) is 10.8. The summed E-state index contributed by atoms with van der Waals surface area (Å²) >= 11 is 0. The SMILES string of the molecule is CCS(=O)(=O)N(NCCc1ccc(P(=O)(O)O)cc1)c1ccc(C(O)C2CCCC2)cc1. The van der Waals surface area contributed by atoms with Gasteiger partial charge in [-0.15, -0.1) is 0 Å². The molecule has 32 heavy (non-hydrogen) atoms. The first kappa shape index (κ1) is 24.9. The smallest absolute Gasteiger partial charge is 0.356 e. The molecule has 0 aliphatic heterocycles. The van der Waals surface area contributed by atoms with Crippen LogP contribution in [0.2, 0.25) is 0 Å². The fourth-order valence-corrected chi connectivity index (χ4v) is 5.52. The van der Waals surface area contributed by atoms with Gasteiger partial charge in [-0.25, -0.2) is 18.3 Å². The van der Waals surface area contributed by atoms with E-state index in [9.17, 15) is 27.9 Å². The van der Waals surface area contributed by atoms with Crippen molar-refractivity contribution < 1.29 is 27.9 Å². The summed E-state index contributed by atoms with van der Waals surface area (Å²) in [5.41, 5.74) is 5.03. The summed E-state index contributed by atoms with van der Waals surface area (Å²) < 4.78 is 37.7. The van der Waals surface area contributed by atoms with Crippen LogP contribution in [0.4, 0.5) is 5.69 Å². The molecule has 0 bridgehead atoms. The summed E-state index contributed by atoms with van der Waals surface area (Å²) in [7, 11) is -7.87. The lowest BCUT2D eigenvalue weighted by Gasteiger charge is -2.25. The van der Waals surface area contributed by atoms with Gasteiger partial charge in [-0.05, 0) is 67.5 Å². The Bertz CT molecular complexity index is 1030. The monoisotopic (exact) mass is 482 g/mol. The maximum absolute atomic E-state index is 12.7. The Kier molecular flexibility index (Phi) is 8.14.